The number of likely N-dealkylation sites (N-methyl/N-ethyl adjacent to an activating group) is 1. The molecule has 0 aromatic heterocycles. The minimum atomic E-state index is -0.570. The smallest absolute Gasteiger partial charge is 0.233 e. The number of methoxy groups -OCH3 is 1. The van der Waals surface area contributed by atoms with Crippen LogP contribution in [0.4, 0.5) is 0 Å². The predicted octanol–water partition coefficient (Wildman–Crippen LogP) is 3.53. The van der Waals surface area contributed by atoms with Gasteiger partial charge in [-0.15, -0.1) is 0 Å². The summed E-state index contributed by atoms with van der Waals surface area (Å²) >= 11 is 0. The SMILES string of the molecule is CCN(CC)C(=O)[C@@]1(c2ccccc2)C[C@H]1[C@H](CCOC)N=[N+]=[N-]. The predicted molar refractivity (Wildman–Crippen MR) is 93.6 cm³/mol. The van der Waals surface area contributed by atoms with Gasteiger partial charge in [0.15, 0.2) is 0 Å². The van der Waals surface area contributed by atoms with E-state index in [1.165, 1.54) is 0 Å². The summed E-state index contributed by atoms with van der Waals surface area (Å²) in [6, 6.07) is 9.65. The summed E-state index contributed by atoms with van der Waals surface area (Å²) in [4.78, 5) is 18.1. The molecular formula is C18H26N4O2. The zero-order valence-corrected chi connectivity index (χ0v) is 14.7. The molecule has 6 heteroatoms. The molecule has 1 aromatic carbocycles. The number of benzene rings is 1. The minimum Gasteiger partial charge on any atom is -0.385 e. The number of azide groups is 1. The zero-order valence-electron chi connectivity index (χ0n) is 14.7. The Kier molecular flexibility index (Phi) is 6.23. The van der Waals surface area contributed by atoms with Gasteiger partial charge in [0.05, 0.1) is 5.41 Å². The van der Waals surface area contributed by atoms with Crippen LogP contribution in [-0.4, -0.2) is 43.7 Å². The molecule has 0 bridgehead atoms. The van der Waals surface area contributed by atoms with Crippen molar-refractivity contribution in [2.75, 3.05) is 26.8 Å². The van der Waals surface area contributed by atoms with Crippen LogP contribution in [0.1, 0.15) is 32.3 Å². The van der Waals surface area contributed by atoms with Gasteiger partial charge in [-0.2, -0.15) is 0 Å². The summed E-state index contributed by atoms with van der Waals surface area (Å²) in [7, 11) is 1.63. The molecule has 1 amide bonds. The second kappa shape index (κ2) is 8.18. The van der Waals surface area contributed by atoms with Crippen LogP contribution in [0.25, 0.3) is 10.4 Å². The first-order chi connectivity index (χ1) is 11.6. The Morgan fingerprint density at radius 2 is 2.08 bits per heavy atom. The Morgan fingerprint density at radius 1 is 1.42 bits per heavy atom. The fourth-order valence-electron chi connectivity index (χ4n) is 3.63. The van der Waals surface area contributed by atoms with Gasteiger partial charge in [0.25, 0.3) is 0 Å². The molecule has 0 spiro atoms. The van der Waals surface area contributed by atoms with Crippen molar-refractivity contribution in [1.82, 2.24) is 4.90 Å². The molecule has 0 N–H and O–H groups in total. The molecule has 0 unspecified atom stereocenters. The van der Waals surface area contributed by atoms with E-state index in [0.29, 0.717) is 26.1 Å². The fourth-order valence-corrected chi connectivity index (χ4v) is 3.63. The second-order valence-electron chi connectivity index (χ2n) is 6.18. The van der Waals surface area contributed by atoms with Gasteiger partial charge in [-0.05, 0) is 43.7 Å². The van der Waals surface area contributed by atoms with Crippen LogP contribution >= 0.6 is 0 Å². The summed E-state index contributed by atoms with van der Waals surface area (Å²) in [6.07, 6.45) is 1.35. The molecule has 2 rings (SSSR count). The van der Waals surface area contributed by atoms with E-state index in [4.69, 9.17) is 10.3 Å². The van der Waals surface area contributed by atoms with Crippen molar-refractivity contribution >= 4 is 5.91 Å². The molecule has 1 aromatic rings. The van der Waals surface area contributed by atoms with E-state index >= 15 is 0 Å². The summed E-state index contributed by atoms with van der Waals surface area (Å²) in [5, 5.41) is 3.97. The van der Waals surface area contributed by atoms with Crippen molar-refractivity contribution in [2.45, 2.75) is 38.1 Å². The first-order valence-electron chi connectivity index (χ1n) is 8.53. The molecule has 0 radical (unpaired) electrons. The maximum absolute atomic E-state index is 13.2. The Balaban J connectivity index is 2.36. The van der Waals surface area contributed by atoms with E-state index in [-0.39, 0.29) is 17.9 Å². The lowest BCUT2D eigenvalue weighted by atomic mass is 9.88. The number of hydrogen-bond donors (Lipinski definition) is 0. The third-order valence-electron chi connectivity index (χ3n) is 5.02. The third-order valence-corrected chi connectivity index (χ3v) is 5.02. The van der Waals surface area contributed by atoms with Gasteiger partial charge in [0.2, 0.25) is 5.91 Å². The molecule has 1 fully saturated rings. The van der Waals surface area contributed by atoms with Gasteiger partial charge < -0.3 is 9.64 Å². The Bertz CT molecular complexity index is 596. The highest BCUT2D eigenvalue weighted by Gasteiger charge is 2.64. The van der Waals surface area contributed by atoms with Crippen LogP contribution in [-0.2, 0) is 14.9 Å². The molecule has 6 nitrogen and oxygen atoms in total. The average Bonchev–Trinajstić information content (AvgIpc) is 3.37. The van der Waals surface area contributed by atoms with E-state index in [1.807, 2.05) is 49.1 Å². The lowest BCUT2D eigenvalue weighted by Crippen LogP contribution is -2.41. The van der Waals surface area contributed by atoms with E-state index in [9.17, 15) is 4.79 Å². The van der Waals surface area contributed by atoms with Crippen LogP contribution in [0, 0.1) is 5.92 Å². The third kappa shape index (κ3) is 3.40. The Labute approximate surface area is 143 Å². The van der Waals surface area contributed by atoms with Gasteiger partial charge >= 0.3 is 0 Å². The van der Waals surface area contributed by atoms with Gasteiger partial charge in [0, 0.05) is 37.8 Å². The van der Waals surface area contributed by atoms with Crippen molar-refractivity contribution in [2.24, 2.45) is 11.0 Å². The fraction of sp³-hybridized carbons (Fsp3) is 0.611. The van der Waals surface area contributed by atoms with Crippen LogP contribution in [0.2, 0.25) is 0 Å². The van der Waals surface area contributed by atoms with Gasteiger partial charge in [-0.25, -0.2) is 0 Å². The van der Waals surface area contributed by atoms with E-state index in [2.05, 4.69) is 10.0 Å². The number of ether oxygens (including phenoxy) is 1. The molecule has 0 heterocycles. The van der Waals surface area contributed by atoms with Gasteiger partial charge in [0.1, 0.15) is 0 Å². The van der Waals surface area contributed by atoms with Crippen molar-refractivity contribution in [3.63, 3.8) is 0 Å². The quantitative estimate of drug-likeness (QED) is 0.394. The summed E-state index contributed by atoms with van der Waals surface area (Å²) in [6.45, 7) is 5.87. The maximum Gasteiger partial charge on any atom is 0.233 e. The number of amides is 1. The molecule has 3 atom stereocenters. The van der Waals surface area contributed by atoms with Crippen molar-refractivity contribution in [3.05, 3.63) is 46.3 Å². The molecule has 0 saturated heterocycles. The number of carbonyl (C=O) groups excluding carboxylic acids is 1. The molecule has 0 aliphatic heterocycles. The molecule has 130 valence electrons. The Hall–Kier alpha value is -2.04. The molecular weight excluding hydrogens is 304 g/mol. The van der Waals surface area contributed by atoms with Crippen molar-refractivity contribution in [1.29, 1.82) is 0 Å². The summed E-state index contributed by atoms with van der Waals surface area (Å²) < 4.78 is 5.14. The van der Waals surface area contributed by atoms with E-state index in [1.54, 1.807) is 7.11 Å². The maximum atomic E-state index is 13.2. The van der Waals surface area contributed by atoms with Gasteiger partial charge in [-0.1, -0.05) is 35.4 Å². The van der Waals surface area contributed by atoms with Crippen molar-refractivity contribution in [3.8, 4) is 0 Å². The summed E-state index contributed by atoms with van der Waals surface area (Å²) in [5.74, 6) is 0.165. The zero-order chi connectivity index (χ0) is 17.6. The van der Waals surface area contributed by atoms with Crippen LogP contribution in [0.15, 0.2) is 35.4 Å². The number of carbonyl (C=O) groups is 1. The molecule has 1 aliphatic rings. The monoisotopic (exact) mass is 330 g/mol. The molecule has 1 aliphatic carbocycles. The topological polar surface area (TPSA) is 78.3 Å². The second-order valence-corrected chi connectivity index (χ2v) is 6.18. The van der Waals surface area contributed by atoms with E-state index < -0.39 is 5.41 Å². The van der Waals surface area contributed by atoms with E-state index in [0.717, 1.165) is 12.0 Å². The Morgan fingerprint density at radius 3 is 2.62 bits per heavy atom. The normalized spacial score (nSPS) is 23.2. The largest absolute Gasteiger partial charge is 0.385 e. The number of rotatable bonds is 9. The standard InChI is InChI=1S/C18H26N4O2/c1-4-22(5-2)17(23)18(14-9-7-6-8-10-14)13-15(18)16(20-21-19)11-12-24-3/h6-10,15-16H,4-5,11-13H2,1-3H3/t15-,16-,18+/m0/s1. The summed E-state index contributed by atoms with van der Waals surface area (Å²) in [5.41, 5.74) is 9.36. The number of hydrogen-bond acceptors (Lipinski definition) is 3. The minimum absolute atomic E-state index is 0.0269. The first kappa shape index (κ1) is 18.3. The van der Waals surface area contributed by atoms with Crippen LogP contribution in [0.3, 0.4) is 0 Å². The first-order valence-corrected chi connectivity index (χ1v) is 8.53. The average molecular weight is 330 g/mol. The van der Waals surface area contributed by atoms with Crippen molar-refractivity contribution < 1.29 is 9.53 Å². The molecule has 24 heavy (non-hydrogen) atoms. The van der Waals surface area contributed by atoms with Crippen LogP contribution < -0.4 is 0 Å². The van der Waals surface area contributed by atoms with Gasteiger partial charge in [-0.3, -0.25) is 4.79 Å². The highest BCUT2D eigenvalue weighted by Crippen LogP contribution is 2.58. The highest BCUT2D eigenvalue weighted by atomic mass is 16.5. The van der Waals surface area contributed by atoms with Crippen LogP contribution in [0.5, 0.6) is 0 Å². The lowest BCUT2D eigenvalue weighted by Gasteiger charge is -2.27. The molecule has 1 saturated carbocycles. The highest BCUT2D eigenvalue weighted by molar-refractivity contribution is 5.92. The lowest BCUT2D eigenvalue weighted by molar-refractivity contribution is -0.134. The number of nitrogens with zero attached hydrogens (tertiary/aromatic N) is 4.